The molecular formula is C10H14ClNO3S. The zero-order chi connectivity index (χ0) is 12.2. The average Bonchev–Trinajstić information content (AvgIpc) is 2.28. The first-order valence-electron chi connectivity index (χ1n) is 4.77. The van der Waals surface area contributed by atoms with Gasteiger partial charge in [-0.2, -0.15) is 0 Å². The van der Waals surface area contributed by atoms with Gasteiger partial charge >= 0.3 is 0 Å². The molecule has 90 valence electrons. The van der Waals surface area contributed by atoms with Crippen molar-refractivity contribution in [3.05, 3.63) is 23.8 Å². The maximum absolute atomic E-state index is 11.7. The van der Waals surface area contributed by atoms with Gasteiger partial charge in [0.2, 0.25) is 10.0 Å². The summed E-state index contributed by atoms with van der Waals surface area (Å²) >= 11 is 5.71. The van der Waals surface area contributed by atoms with Gasteiger partial charge in [-0.25, -0.2) is 13.1 Å². The first-order valence-corrected chi connectivity index (χ1v) is 6.79. The van der Waals surface area contributed by atoms with Gasteiger partial charge in [0, 0.05) is 12.1 Å². The molecule has 0 saturated heterocycles. The molecule has 6 heteroatoms. The lowest BCUT2D eigenvalue weighted by Gasteiger charge is -2.09. The van der Waals surface area contributed by atoms with Gasteiger partial charge in [0.25, 0.3) is 0 Å². The smallest absolute Gasteiger partial charge is 0.240 e. The van der Waals surface area contributed by atoms with Gasteiger partial charge in [0.15, 0.2) is 0 Å². The number of nitrogens with one attached hydrogen (secondary N) is 1. The molecule has 0 aliphatic rings. The monoisotopic (exact) mass is 263 g/mol. The lowest BCUT2D eigenvalue weighted by atomic mass is 10.2. The third-order valence-corrected chi connectivity index (χ3v) is 3.87. The van der Waals surface area contributed by atoms with Gasteiger partial charge in [0.1, 0.15) is 5.75 Å². The van der Waals surface area contributed by atoms with E-state index >= 15 is 0 Å². The molecule has 1 aromatic rings. The Hall–Kier alpha value is -0.780. The fourth-order valence-corrected chi connectivity index (χ4v) is 2.60. The predicted molar refractivity (Wildman–Crippen MR) is 63.4 cm³/mol. The summed E-state index contributed by atoms with van der Waals surface area (Å²) in [5.74, 6) is 0.795. The number of methoxy groups -OCH3 is 1. The number of hydrogen-bond donors (Lipinski definition) is 1. The van der Waals surface area contributed by atoms with Crippen LogP contribution < -0.4 is 9.46 Å². The summed E-state index contributed by atoms with van der Waals surface area (Å²) in [4.78, 5) is 0.200. The summed E-state index contributed by atoms with van der Waals surface area (Å²) in [5, 5.41) is 0. The van der Waals surface area contributed by atoms with Crippen molar-refractivity contribution >= 4 is 21.6 Å². The molecule has 4 nitrogen and oxygen atoms in total. The predicted octanol–water partition coefficient (Wildman–Crippen LogP) is 1.73. The quantitative estimate of drug-likeness (QED) is 0.824. The molecule has 0 atom stereocenters. The van der Waals surface area contributed by atoms with E-state index in [-0.39, 0.29) is 10.8 Å². The molecule has 0 unspecified atom stereocenters. The van der Waals surface area contributed by atoms with E-state index in [9.17, 15) is 8.42 Å². The number of sulfonamides is 1. The molecule has 0 radical (unpaired) electrons. The van der Waals surface area contributed by atoms with E-state index in [1.165, 1.54) is 19.2 Å². The molecule has 1 N–H and O–H groups in total. The summed E-state index contributed by atoms with van der Waals surface area (Å²) in [6, 6.07) is 4.61. The number of benzene rings is 1. The summed E-state index contributed by atoms with van der Waals surface area (Å²) in [5.41, 5.74) is 0.656. The van der Waals surface area contributed by atoms with Crippen molar-refractivity contribution in [1.29, 1.82) is 0 Å². The SMILES string of the molecule is CCNS(=O)(=O)c1ccc(OC)c(CCl)c1. The zero-order valence-corrected chi connectivity index (χ0v) is 10.7. The van der Waals surface area contributed by atoms with Crippen LogP contribution in [0.4, 0.5) is 0 Å². The van der Waals surface area contributed by atoms with Gasteiger partial charge in [-0.1, -0.05) is 6.92 Å². The van der Waals surface area contributed by atoms with Crippen molar-refractivity contribution in [3.8, 4) is 5.75 Å². The first-order chi connectivity index (χ1) is 7.55. The number of hydrogen-bond acceptors (Lipinski definition) is 3. The fraction of sp³-hybridized carbons (Fsp3) is 0.400. The third-order valence-electron chi connectivity index (χ3n) is 2.04. The van der Waals surface area contributed by atoms with E-state index in [2.05, 4.69) is 4.72 Å². The molecule has 0 amide bonds. The third kappa shape index (κ3) is 2.87. The highest BCUT2D eigenvalue weighted by molar-refractivity contribution is 7.89. The molecule has 0 aliphatic carbocycles. The molecule has 1 rings (SSSR count). The van der Waals surface area contributed by atoms with Crippen LogP contribution >= 0.6 is 11.6 Å². The molecule has 0 heterocycles. The van der Waals surface area contributed by atoms with Gasteiger partial charge in [-0.3, -0.25) is 0 Å². The topological polar surface area (TPSA) is 55.4 Å². The van der Waals surface area contributed by atoms with Crippen LogP contribution in [0.1, 0.15) is 12.5 Å². The van der Waals surface area contributed by atoms with Crippen LogP contribution in [0.25, 0.3) is 0 Å². The number of halogens is 1. The standard InChI is InChI=1S/C10H14ClNO3S/c1-3-12-16(13,14)9-4-5-10(15-2)8(6-9)7-11/h4-6,12H,3,7H2,1-2H3. The molecule has 0 fully saturated rings. The Balaban J connectivity index is 3.18. The first kappa shape index (κ1) is 13.3. The molecule has 0 saturated carbocycles. The minimum absolute atomic E-state index is 0.200. The fourth-order valence-electron chi connectivity index (χ4n) is 1.30. The number of rotatable bonds is 5. The highest BCUT2D eigenvalue weighted by Crippen LogP contribution is 2.23. The number of ether oxygens (including phenoxy) is 1. The second-order valence-electron chi connectivity index (χ2n) is 3.11. The van der Waals surface area contributed by atoms with Crippen molar-refractivity contribution in [1.82, 2.24) is 4.72 Å². The maximum Gasteiger partial charge on any atom is 0.240 e. The van der Waals surface area contributed by atoms with Crippen LogP contribution in [0.5, 0.6) is 5.75 Å². The van der Waals surface area contributed by atoms with Crippen molar-refractivity contribution in [2.75, 3.05) is 13.7 Å². The second kappa shape index (κ2) is 5.52. The van der Waals surface area contributed by atoms with Gasteiger partial charge in [-0.15, -0.1) is 11.6 Å². The van der Waals surface area contributed by atoms with Gasteiger partial charge in [0.05, 0.1) is 17.9 Å². The minimum Gasteiger partial charge on any atom is -0.496 e. The summed E-state index contributed by atoms with van der Waals surface area (Å²) in [7, 11) is -1.91. The minimum atomic E-state index is -3.43. The van der Waals surface area contributed by atoms with Crippen molar-refractivity contribution < 1.29 is 13.2 Å². The lowest BCUT2D eigenvalue weighted by Crippen LogP contribution is -2.23. The lowest BCUT2D eigenvalue weighted by molar-refractivity contribution is 0.411. The molecule has 1 aromatic carbocycles. The molecule has 16 heavy (non-hydrogen) atoms. The Morgan fingerprint density at radius 1 is 1.44 bits per heavy atom. The molecule has 0 aliphatic heterocycles. The Morgan fingerprint density at radius 3 is 2.62 bits per heavy atom. The van der Waals surface area contributed by atoms with Crippen LogP contribution in [-0.4, -0.2) is 22.1 Å². The summed E-state index contributed by atoms with van der Waals surface area (Å²) < 4.78 is 30.9. The van der Waals surface area contributed by atoms with E-state index < -0.39 is 10.0 Å². The zero-order valence-electron chi connectivity index (χ0n) is 9.16. The molecule has 0 aromatic heterocycles. The molecule has 0 bridgehead atoms. The van der Waals surface area contributed by atoms with Crippen LogP contribution in [0.2, 0.25) is 0 Å². The van der Waals surface area contributed by atoms with E-state index in [0.717, 1.165) is 0 Å². The van der Waals surface area contributed by atoms with E-state index in [0.29, 0.717) is 17.9 Å². The van der Waals surface area contributed by atoms with Crippen molar-refractivity contribution in [2.45, 2.75) is 17.7 Å². The maximum atomic E-state index is 11.7. The largest absolute Gasteiger partial charge is 0.496 e. The highest BCUT2D eigenvalue weighted by atomic mass is 35.5. The van der Waals surface area contributed by atoms with Crippen LogP contribution in [0.3, 0.4) is 0 Å². The van der Waals surface area contributed by atoms with Crippen molar-refractivity contribution in [2.24, 2.45) is 0 Å². The van der Waals surface area contributed by atoms with E-state index in [1.54, 1.807) is 13.0 Å². The highest BCUT2D eigenvalue weighted by Gasteiger charge is 2.14. The Bertz CT molecular complexity index is 459. The molecule has 0 spiro atoms. The van der Waals surface area contributed by atoms with Gasteiger partial charge in [-0.05, 0) is 18.2 Å². The normalized spacial score (nSPS) is 11.4. The Labute approximate surface area is 101 Å². The summed E-state index contributed by atoms with van der Waals surface area (Å²) in [6.07, 6.45) is 0. The Kier molecular flexibility index (Phi) is 4.58. The second-order valence-corrected chi connectivity index (χ2v) is 5.14. The van der Waals surface area contributed by atoms with E-state index in [4.69, 9.17) is 16.3 Å². The Morgan fingerprint density at radius 2 is 2.12 bits per heavy atom. The van der Waals surface area contributed by atoms with Gasteiger partial charge < -0.3 is 4.74 Å². The van der Waals surface area contributed by atoms with Crippen LogP contribution in [0, 0.1) is 0 Å². The molecular weight excluding hydrogens is 250 g/mol. The van der Waals surface area contributed by atoms with E-state index in [1.807, 2.05) is 0 Å². The average molecular weight is 264 g/mol. The summed E-state index contributed by atoms with van der Waals surface area (Å²) in [6.45, 7) is 2.08. The van der Waals surface area contributed by atoms with Crippen LogP contribution in [0.15, 0.2) is 23.1 Å². The van der Waals surface area contributed by atoms with Crippen molar-refractivity contribution in [3.63, 3.8) is 0 Å². The number of alkyl halides is 1. The van der Waals surface area contributed by atoms with Crippen LogP contribution in [-0.2, 0) is 15.9 Å².